The van der Waals surface area contributed by atoms with E-state index >= 15 is 0 Å². The van der Waals surface area contributed by atoms with E-state index in [9.17, 15) is 0 Å². The maximum atomic E-state index is 2.28. The molecule has 0 amide bonds. The molecule has 4 rings (SSSR count). The van der Waals surface area contributed by atoms with E-state index in [0.29, 0.717) is 0 Å². The molecule has 0 saturated heterocycles. The third-order valence-electron chi connectivity index (χ3n) is 5.01. The van der Waals surface area contributed by atoms with Crippen molar-refractivity contribution in [2.45, 2.75) is 26.7 Å². The number of allylic oxidation sites excluding steroid dienone is 2. The number of rotatable bonds is 2. The Balaban J connectivity index is 1.97. The molecule has 0 bridgehead atoms. The van der Waals surface area contributed by atoms with Crippen molar-refractivity contribution in [1.29, 1.82) is 0 Å². The van der Waals surface area contributed by atoms with Crippen molar-refractivity contribution in [3.63, 3.8) is 0 Å². The summed E-state index contributed by atoms with van der Waals surface area (Å²) in [7, 11) is 0. The Morgan fingerprint density at radius 3 is 2.32 bits per heavy atom. The molecule has 0 heterocycles. The maximum absolute atomic E-state index is 2.28. The minimum Gasteiger partial charge on any atom is -0.0625 e. The SMILES string of the molecule is CCC1=C(C)c2cccc(-c3cccc4ccccc34)c2C1. The van der Waals surface area contributed by atoms with Gasteiger partial charge in [0, 0.05) is 0 Å². The van der Waals surface area contributed by atoms with E-state index in [-0.39, 0.29) is 0 Å². The molecule has 0 spiro atoms. The smallest absolute Gasteiger partial charge is 0.00491 e. The second kappa shape index (κ2) is 5.14. The minimum atomic E-state index is 1.11. The van der Waals surface area contributed by atoms with Gasteiger partial charge >= 0.3 is 0 Å². The van der Waals surface area contributed by atoms with E-state index in [4.69, 9.17) is 0 Å². The lowest BCUT2D eigenvalue weighted by Gasteiger charge is -2.12. The highest BCUT2D eigenvalue weighted by atomic mass is 14.2. The van der Waals surface area contributed by atoms with Crippen LogP contribution in [-0.2, 0) is 6.42 Å². The van der Waals surface area contributed by atoms with Gasteiger partial charge in [0.15, 0.2) is 0 Å². The molecule has 0 fully saturated rings. The van der Waals surface area contributed by atoms with Gasteiger partial charge in [0.05, 0.1) is 0 Å². The van der Waals surface area contributed by atoms with Crippen LogP contribution in [0.3, 0.4) is 0 Å². The third-order valence-corrected chi connectivity index (χ3v) is 5.01. The highest BCUT2D eigenvalue weighted by Crippen LogP contribution is 2.41. The van der Waals surface area contributed by atoms with Gasteiger partial charge in [-0.1, -0.05) is 73.2 Å². The fraction of sp³-hybridized carbons (Fsp3) is 0.182. The quantitative estimate of drug-likeness (QED) is 0.522. The summed E-state index contributed by atoms with van der Waals surface area (Å²) in [5.74, 6) is 0. The fourth-order valence-corrected chi connectivity index (χ4v) is 3.77. The molecular formula is C22H20. The average Bonchev–Trinajstić information content (AvgIpc) is 2.91. The monoisotopic (exact) mass is 284 g/mol. The summed E-state index contributed by atoms with van der Waals surface area (Å²) in [4.78, 5) is 0. The number of fused-ring (bicyclic) bond motifs is 2. The summed E-state index contributed by atoms with van der Waals surface area (Å²) in [5.41, 5.74) is 8.79. The van der Waals surface area contributed by atoms with Gasteiger partial charge in [-0.3, -0.25) is 0 Å². The van der Waals surface area contributed by atoms with Crippen LogP contribution >= 0.6 is 0 Å². The van der Waals surface area contributed by atoms with Crippen LogP contribution in [0.25, 0.3) is 27.5 Å². The van der Waals surface area contributed by atoms with Crippen LogP contribution in [0.2, 0.25) is 0 Å². The molecule has 0 N–H and O–H groups in total. The van der Waals surface area contributed by atoms with Crippen LogP contribution in [0.4, 0.5) is 0 Å². The van der Waals surface area contributed by atoms with E-state index in [0.717, 1.165) is 12.8 Å². The van der Waals surface area contributed by atoms with Crippen LogP contribution in [0, 0.1) is 0 Å². The first-order valence-corrected chi connectivity index (χ1v) is 8.08. The van der Waals surface area contributed by atoms with Crippen molar-refractivity contribution >= 4 is 16.3 Å². The topological polar surface area (TPSA) is 0 Å². The van der Waals surface area contributed by atoms with E-state index in [1.165, 1.54) is 38.6 Å². The zero-order chi connectivity index (χ0) is 15.1. The van der Waals surface area contributed by atoms with Crippen molar-refractivity contribution < 1.29 is 0 Å². The lowest BCUT2D eigenvalue weighted by atomic mass is 9.92. The van der Waals surface area contributed by atoms with E-state index in [1.54, 1.807) is 5.57 Å². The summed E-state index contributed by atoms with van der Waals surface area (Å²) in [6.45, 7) is 4.54. The minimum absolute atomic E-state index is 1.11. The normalized spacial score (nSPS) is 13.7. The van der Waals surface area contributed by atoms with Gasteiger partial charge < -0.3 is 0 Å². The Hall–Kier alpha value is -2.34. The molecule has 0 heteroatoms. The van der Waals surface area contributed by atoms with E-state index in [2.05, 4.69) is 74.5 Å². The molecule has 0 nitrogen and oxygen atoms in total. The molecule has 0 radical (unpaired) electrons. The van der Waals surface area contributed by atoms with Crippen molar-refractivity contribution in [2.24, 2.45) is 0 Å². The molecule has 3 aromatic rings. The Kier molecular flexibility index (Phi) is 3.11. The number of hydrogen-bond acceptors (Lipinski definition) is 0. The molecule has 1 aliphatic carbocycles. The van der Waals surface area contributed by atoms with Crippen molar-refractivity contribution in [2.75, 3.05) is 0 Å². The summed E-state index contributed by atoms with van der Waals surface area (Å²) in [6, 6.07) is 22.1. The summed E-state index contributed by atoms with van der Waals surface area (Å²) in [6.07, 6.45) is 2.26. The van der Waals surface area contributed by atoms with E-state index in [1.807, 2.05) is 0 Å². The predicted molar refractivity (Wildman–Crippen MR) is 96.0 cm³/mol. The molecule has 0 aromatic heterocycles. The van der Waals surface area contributed by atoms with Gasteiger partial charge in [-0.2, -0.15) is 0 Å². The Morgan fingerprint density at radius 2 is 1.45 bits per heavy atom. The van der Waals surface area contributed by atoms with Crippen molar-refractivity contribution in [1.82, 2.24) is 0 Å². The molecule has 0 atom stereocenters. The first-order chi connectivity index (χ1) is 10.8. The summed E-state index contributed by atoms with van der Waals surface area (Å²) >= 11 is 0. The lowest BCUT2D eigenvalue weighted by molar-refractivity contribution is 1.03. The zero-order valence-corrected chi connectivity index (χ0v) is 13.2. The molecule has 108 valence electrons. The highest BCUT2D eigenvalue weighted by Gasteiger charge is 2.21. The van der Waals surface area contributed by atoms with Crippen LogP contribution < -0.4 is 0 Å². The molecule has 0 saturated carbocycles. The van der Waals surface area contributed by atoms with Gasteiger partial charge in [0.2, 0.25) is 0 Å². The van der Waals surface area contributed by atoms with Crippen LogP contribution in [-0.4, -0.2) is 0 Å². The Bertz CT molecular complexity index is 892. The second-order valence-corrected chi connectivity index (χ2v) is 6.12. The van der Waals surface area contributed by atoms with Crippen LogP contribution in [0.1, 0.15) is 31.4 Å². The van der Waals surface area contributed by atoms with Crippen LogP contribution in [0.15, 0.2) is 66.2 Å². The summed E-state index contributed by atoms with van der Waals surface area (Å²) in [5, 5.41) is 2.66. The van der Waals surface area contributed by atoms with Gasteiger partial charge in [0.25, 0.3) is 0 Å². The molecule has 0 aliphatic heterocycles. The Morgan fingerprint density at radius 1 is 0.773 bits per heavy atom. The largest absolute Gasteiger partial charge is 0.0625 e. The third kappa shape index (κ3) is 1.91. The molecule has 0 unspecified atom stereocenters. The van der Waals surface area contributed by atoms with Gasteiger partial charge in [0.1, 0.15) is 0 Å². The lowest BCUT2D eigenvalue weighted by Crippen LogP contribution is -1.91. The van der Waals surface area contributed by atoms with Gasteiger partial charge in [-0.25, -0.2) is 0 Å². The molecule has 3 aromatic carbocycles. The number of benzene rings is 3. The van der Waals surface area contributed by atoms with Crippen molar-refractivity contribution in [3.8, 4) is 11.1 Å². The molecule has 22 heavy (non-hydrogen) atoms. The Labute approximate surface area is 132 Å². The van der Waals surface area contributed by atoms with Crippen molar-refractivity contribution in [3.05, 3.63) is 77.4 Å². The van der Waals surface area contributed by atoms with Gasteiger partial charge in [-0.15, -0.1) is 0 Å². The van der Waals surface area contributed by atoms with E-state index < -0.39 is 0 Å². The molecule has 1 aliphatic rings. The summed E-state index contributed by atoms with van der Waals surface area (Å²) < 4.78 is 0. The average molecular weight is 284 g/mol. The second-order valence-electron chi connectivity index (χ2n) is 6.12. The van der Waals surface area contributed by atoms with Gasteiger partial charge in [-0.05, 0) is 58.4 Å². The maximum Gasteiger partial charge on any atom is -0.00491 e. The highest BCUT2D eigenvalue weighted by molar-refractivity contribution is 5.98. The molecular weight excluding hydrogens is 264 g/mol. The first-order valence-electron chi connectivity index (χ1n) is 8.08. The fourth-order valence-electron chi connectivity index (χ4n) is 3.77. The first kappa shape index (κ1) is 13.3. The standard InChI is InChI=1S/C22H20/c1-3-16-14-22-18(15(16)2)11-7-13-21(22)20-12-6-9-17-8-4-5-10-19(17)20/h4-13H,3,14H2,1-2H3. The predicted octanol–water partition coefficient (Wildman–Crippen LogP) is 6.25. The number of hydrogen-bond donors (Lipinski definition) is 0. The van der Waals surface area contributed by atoms with Crippen LogP contribution in [0.5, 0.6) is 0 Å². The zero-order valence-electron chi connectivity index (χ0n) is 13.2.